The van der Waals surface area contributed by atoms with Crippen LogP contribution in [0.4, 0.5) is 0 Å². The fraction of sp³-hybridized carbons (Fsp3) is 0.538. The molecule has 0 aliphatic heterocycles. The fourth-order valence-electron chi connectivity index (χ4n) is 2.24. The molecule has 3 heteroatoms. The molecule has 16 heavy (non-hydrogen) atoms. The molecule has 0 aliphatic rings. The Morgan fingerprint density at radius 1 is 1.44 bits per heavy atom. The van der Waals surface area contributed by atoms with Crippen molar-refractivity contribution in [1.29, 1.82) is 0 Å². The molecule has 1 unspecified atom stereocenters. The summed E-state index contributed by atoms with van der Waals surface area (Å²) in [4.78, 5) is 0. The summed E-state index contributed by atoms with van der Waals surface area (Å²) >= 11 is 6.26. The summed E-state index contributed by atoms with van der Waals surface area (Å²) in [6.45, 7) is 7.02. The van der Waals surface area contributed by atoms with E-state index in [0.29, 0.717) is 17.5 Å². The van der Waals surface area contributed by atoms with E-state index in [-0.39, 0.29) is 0 Å². The third kappa shape index (κ3) is 2.50. The lowest BCUT2D eigenvalue weighted by atomic mass is 9.89. The van der Waals surface area contributed by atoms with Gasteiger partial charge in [-0.1, -0.05) is 18.5 Å². The smallest absolute Gasteiger partial charge is 0.138 e. The number of nitrogens with two attached hydrogens (primary N) is 1. The molecule has 0 heterocycles. The zero-order valence-electron chi connectivity index (χ0n) is 10.4. The topological polar surface area (TPSA) is 35.2 Å². The molecule has 1 aromatic rings. The summed E-state index contributed by atoms with van der Waals surface area (Å²) in [5, 5.41) is 0.715. The number of hydrogen-bond donors (Lipinski definition) is 1. The summed E-state index contributed by atoms with van der Waals surface area (Å²) in [5.41, 5.74) is 9.24. The van der Waals surface area contributed by atoms with Crippen molar-refractivity contribution in [3.05, 3.63) is 27.8 Å². The molecule has 0 fully saturated rings. The van der Waals surface area contributed by atoms with Crippen molar-refractivity contribution in [3.63, 3.8) is 0 Å². The van der Waals surface area contributed by atoms with Crippen LogP contribution in [0.2, 0.25) is 5.02 Å². The summed E-state index contributed by atoms with van der Waals surface area (Å²) in [5.74, 6) is 1.19. The number of halogens is 1. The van der Waals surface area contributed by atoms with E-state index in [1.54, 1.807) is 7.11 Å². The van der Waals surface area contributed by atoms with Gasteiger partial charge in [0.05, 0.1) is 12.1 Å². The van der Waals surface area contributed by atoms with Crippen LogP contribution in [0, 0.1) is 13.8 Å². The fourth-order valence-corrected chi connectivity index (χ4v) is 2.47. The van der Waals surface area contributed by atoms with Gasteiger partial charge in [-0.25, -0.2) is 0 Å². The van der Waals surface area contributed by atoms with Crippen LogP contribution in [-0.4, -0.2) is 13.7 Å². The monoisotopic (exact) mass is 241 g/mol. The lowest BCUT2D eigenvalue weighted by Crippen LogP contribution is -2.08. The van der Waals surface area contributed by atoms with Gasteiger partial charge in [-0.2, -0.15) is 0 Å². The van der Waals surface area contributed by atoms with Crippen molar-refractivity contribution < 1.29 is 4.74 Å². The van der Waals surface area contributed by atoms with E-state index in [1.807, 2.05) is 13.0 Å². The molecule has 1 atom stereocenters. The van der Waals surface area contributed by atoms with E-state index >= 15 is 0 Å². The molecule has 1 rings (SSSR count). The minimum Gasteiger partial charge on any atom is -0.495 e. The maximum absolute atomic E-state index is 6.26. The second kappa shape index (κ2) is 5.55. The zero-order valence-corrected chi connectivity index (χ0v) is 11.2. The van der Waals surface area contributed by atoms with E-state index in [2.05, 4.69) is 13.8 Å². The molecule has 0 bridgehead atoms. The first-order valence-electron chi connectivity index (χ1n) is 5.56. The maximum Gasteiger partial charge on any atom is 0.138 e. The van der Waals surface area contributed by atoms with Gasteiger partial charge in [0, 0.05) is 0 Å². The third-order valence-electron chi connectivity index (χ3n) is 3.03. The molecule has 2 N–H and O–H groups in total. The molecule has 0 saturated heterocycles. The lowest BCUT2D eigenvalue weighted by Gasteiger charge is -2.19. The summed E-state index contributed by atoms with van der Waals surface area (Å²) < 4.78 is 5.24. The Bertz CT molecular complexity index is 377. The van der Waals surface area contributed by atoms with Gasteiger partial charge in [-0.15, -0.1) is 0 Å². The number of benzene rings is 1. The summed E-state index contributed by atoms with van der Waals surface area (Å²) in [6.07, 6.45) is 0.977. The number of methoxy groups -OCH3 is 1. The largest absolute Gasteiger partial charge is 0.495 e. The van der Waals surface area contributed by atoms with Gasteiger partial charge in [-0.3, -0.25) is 0 Å². The van der Waals surface area contributed by atoms with Crippen LogP contribution >= 0.6 is 11.6 Å². The summed E-state index contributed by atoms with van der Waals surface area (Å²) in [6, 6.07) is 2.00. The van der Waals surface area contributed by atoms with E-state index in [1.165, 1.54) is 11.1 Å². The first kappa shape index (κ1) is 13.3. The second-order valence-corrected chi connectivity index (χ2v) is 4.60. The Labute approximate surface area is 103 Å². The number of ether oxygens (including phenoxy) is 1. The molecule has 0 aliphatic carbocycles. The van der Waals surface area contributed by atoms with Gasteiger partial charge in [-0.05, 0) is 55.5 Å². The van der Waals surface area contributed by atoms with Crippen LogP contribution in [-0.2, 0) is 0 Å². The Balaban J connectivity index is 3.24. The molecule has 0 aromatic heterocycles. The van der Waals surface area contributed by atoms with Gasteiger partial charge >= 0.3 is 0 Å². The van der Waals surface area contributed by atoms with Gasteiger partial charge in [0.25, 0.3) is 0 Å². The first-order valence-corrected chi connectivity index (χ1v) is 5.94. The highest BCUT2D eigenvalue weighted by Gasteiger charge is 2.16. The summed E-state index contributed by atoms with van der Waals surface area (Å²) in [7, 11) is 1.64. The second-order valence-electron chi connectivity index (χ2n) is 4.23. The molecule has 90 valence electrons. The van der Waals surface area contributed by atoms with Crippen molar-refractivity contribution in [2.24, 2.45) is 5.73 Å². The number of aryl methyl sites for hydroxylation is 1. The quantitative estimate of drug-likeness (QED) is 0.877. The van der Waals surface area contributed by atoms with Gasteiger partial charge in [0.1, 0.15) is 5.75 Å². The SMILES string of the molecule is COc1cc(C)c(C(C)CCN)c(C)c1Cl. The van der Waals surface area contributed by atoms with Gasteiger partial charge in [0.2, 0.25) is 0 Å². The van der Waals surface area contributed by atoms with Crippen LogP contribution < -0.4 is 10.5 Å². The van der Waals surface area contributed by atoms with Crippen LogP contribution in [0.1, 0.15) is 36.0 Å². The highest BCUT2D eigenvalue weighted by molar-refractivity contribution is 6.33. The minimum absolute atomic E-state index is 0.438. The Morgan fingerprint density at radius 2 is 2.06 bits per heavy atom. The average molecular weight is 242 g/mol. The molecular formula is C13H20ClNO. The molecule has 0 amide bonds. The minimum atomic E-state index is 0.438. The normalized spacial score (nSPS) is 12.6. The molecule has 2 nitrogen and oxygen atoms in total. The van der Waals surface area contributed by atoms with Crippen molar-refractivity contribution >= 4 is 11.6 Å². The van der Waals surface area contributed by atoms with Crippen molar-refractivity contribution in [3.8, 4) is 5.75 Å². The molecular weight excluding hydrogens is 222 g/mol. The van der Waals surface area contributed by atoms with E-state index in [4.69, 9.17) is 22.1 Å². The Hall–Kier alpha value is -0.730. The van der Waals surface area contributed by atoms with Gasteiger partial charge in [0.15, 0.2) is 0 Å². The molecule has 1 aromatic carbocycles. The predicted octanol–water partition coefficient (Wildman–Crippen LogP) is 3.42. The molecule has 0 radical (unpaired) electrons. The highest BCUT2D eigenvalue weighted by Crippen LogP contribution is 2.36. The lowest BCUT2D eigenvalue weighted by molar-refractivity contribution is 0.414. The Morgan fingerprint density at radius 3 is 2.56 bits per heavy atom. The van der Waals surface area contributed by atoms with Crippen LogP contribution in [0.5, 0.6) is 5.75 Å². The van der Waals surface area contributed by atoms with E-state index in [9.17, 15) is 0 Å². The molecule has 0 saturated carbocycles. The van der Waals surface area contributed by atoms with Crippen molar-refractivity contribution in [2.75, 3.05) is 13.7 Å². The van der Waals surface area contributed by atoms with E-state index in [0.717, 1.165) is 17.7 Å². The predicted molar refractivity (Wildman–Crippen MR) is 69.6 cm³/mol. The molecule has 0 spiro atoms. The zero-order chi connectivity index (χ0) is 12.3. The van der Waals surface area contributed by atoms with Gasteiger partial charge < -0.3 is 10.5 Å². The van der Waals surface area contributed by atoms with Crippen LogP contribution in [0.25, 0.3) is 0 Å². The van der Waals surface area contributed by atoms with Crippen LogP contribution in [0.15, 0.2) is 6.07 Å². The standard InChI is InChI=1S/C13H20ClNO/c1-8(5-6-15)12-9(2)7-11(16-4)13(14)10(12)3/h7-8H,5-6,15H2,1-4H3. The number of rotatable bonds is 4. The first-order chi connectivity index (χ1) is 7.52. The number of hydrogen-bond acceptors (Lipinski definition) is 2. The Kier molecular flexibility index (Phi) is 4.63. The van der Waals surface area contributed by atoms with E-state index < -0.39 is 0 Å². The van der Waals surface area contributed by atoms with Crippen LogP contribution in [0.3, 0.4) is 0 Å². The van der Waals surface area contributed by atoms with Crippen molar-refractivity contribution in [2.45, 2.75) is 33.1 Å². The average Bonchev–Trinajstić information content (AvgIpc) is 2.24. The maximum atomic E-state index is 6.26. The van der Waals surface area contributed by atoms with Crippen molar-refractivity contribution in [1.82, 2.24) is 0 Å². The third-order valence-corrected chi connectivity index (χ3v) is 3.50. The highest BCUT2D eigenvalue weighted by atomic mass is 35.5.